The van der Waals surface area contributed by atoms with Crippen LogP contribution in [0.5, 0.6) is 0 Å². The predicted octanol–water partition coefficient (Wildman–Crippen LogP) is 0.653. The van der Waals surface area contributed by atoms with Crippen molar-refractivity contribution < 1.29 is 9.53 Å². The summed E-state index contributed by atoms with van der Waals surface area (Å²) in [6.07, 6.45) is 1.11. The Balaban J connectivity index is 3.91. The molecule has 1 amide bonds. The van der Waals surface area contributed by atoms with E-state index in [1.54, 1.807) is 0 Å². The number of rotatable bonds is 7. The SMILES string of the molecule is CCC(C)OCC(NC(C)C)C(N)=O. The summed E-state index contributed by atoms with van der Waals surface area (Å²) in [7, 11) is 0. The number of nitrogens with two attached hydrogens (primary N) is 1. The molecule has 0 aromatic heterocycles. The summed E-state index contributed by atoms with van der Waals surface area (Å²) in [5.74, 6) is -0.359. The van der Waals surface area contributed by atoms with Crippen LogP contribution in [0.4, 0.5) is 0 Å². The van der Waals surface area contributed by atoms with Crippen molar-refractivity contribution in [1.29, 1.82) is 0 Å². The Hall–Kier alpha value is -0.610. The molecule has 4 nitrogen and oxygen atoms in total. The second kappa shape index (κ2) is 6.79. The minimum atomic E-state index is -0.385. The average Bonchev–Trinajstić information content (AvgIpc) is 2.10. The number of carbonyl (C=O) groups is 1. The molecule has 0 heterocycles. The van der Waals surface area contributed by atoms with Crippen LogP contribution in [-0.4, -0.2) is 30.7 Å². The third-order valence-corrected chi connectivity index (χ3v) is 2.00. The zero-order valence-electron chi connectivity index (χ0n) is 9.54. The normalized spacial score (nSPS) is 15.5. The van der Waals surface area contributed by atoms with Crippen molar-refractivity contribution in [2.24, 2.45) is 5.73 Å². The lowest BCUT2D eigenvalue weighted by molar-refractivity contribution is -0.122. The van der Waals surface area contributed by atoms with Crippen LogP contribution in [0.3, 0.4) is 0 Å². The molecular formula is C10H22N2O2. The van der Waals surface area contributed by atoms with Gasteiger partial charge in [0.25, 0.3) is 0 Å². The zero-order valence-corrected chi connectivity index (χ0v) is 9.54. The van der Waals surface area contributed by atoms with Gasteiger partial charge in [-0.2, -0.15) is 0 Å². The lowest BCUT2D eigenvalue weighted by Gasteiger charge is -2.20. The zero-order chi connectivity index (χ0) is 11.1. The highest BCUT2D eigenvalue weighted by atomic mass is 16.5. The first-order chi connectivity index (χ1) is 6.47. The maximum Gasteiger partial charge on any atom is 0.236 e. The van der Waals surface area contributed by atoms with Gasteiger partial charge in [-0.15, -0.1) is 0 Å². The fourth-order valence-electron chi connectivity index (χ4n) is 0.993. The van der Waals surface area contributed by atoms with E-state index in [0.29, 0.717) is 6.61 Å². The smallest absolute Gasteiger partial charge is 0.236 e. The van der Waals surface area contributed by atoms with Gasteiger partial charge in [-0.25, -0.2) is 0 Å². The van der Waals surface area contributed by atoms with Crippen molar-refractivity contribution in [2.75, 3.05) is 6.61 Å². The van der Waals surface area contributed by atoms with Gasteiger partial charge in [-0.05, 0) is 13.3 Å². The average molecular weight is 202 g/mol. The third-order valence-electron chi connectivity index (χ3n) is 2.00. The van der Waals surface area contributed by atoms with Gasteiger partial charge < -0.3 is 15.8 Å². The molecule has 0 fully saturated rings. The molecule has 0 aliphatic carbocycles. The molecule has 0 spiro atoms. The number of hydrogen-bond donors (Lipinski definition) is 2. The lowest BCUT2D eigenvalue weighted by Crippen LogP contribution is -2.47. The van der Waals surface area contributed by atoms with Crippen LogP contribution in [0.25, 0.3) is 0 Å². The van der Waals surface area contributed by atoms with Gasteiger partial charge in [0.2, 0.25) is 5.91 Å². The molecular weight excluding hydrogens is 180 g/mol. The number of primary amides is 1. The quantitative estimate of drug-likeness (QED) is 0.637. The van der Waals surface area contributed by atoms with Crippen LogP contribution < -0.4 is 11.1 Å². The fraction of sp³-hybridized carbons (Fsp3) is 0.900. The van der Waals surface area contributed by atoms with Gasteiger partial charge in [0.1, 0.15) is 6.04 Å². The molecule has 4 heteroatoms. The Morgan fingerprint density at radius 2 is 2.00 bits per heavy atom. The Labute approximate surface area is 86.2 Å². The monoisotopic (exact) mass is 202 g/mol. The van der Waals surface area contributed by atoms with Crippen LogP contribution in [0.2, 0.25) is 0 Å². The Morgan fingerprint density at radius 3 is 2.36 bits per heavy atom. The van der Waals surface area contributed by atoms with Gasteiger partial charge in [0.15, 0.2) is 0 Å². The number of carbonyl (C=O) groups excluding carboxylic acids is 1. The van der Waals surface area contributed by atoms with E-state index in [1.807, 2.05) is 27.7 Å². The van der Waals surface area contributed by atoms with Gasteiger partial charge in [-0.3, -0.25) is 4.79 Å². The summed E-state index contributed by atoms with van der Waals surface area (Å²) in [6, 6.07) is -0.156. The topological polar surface area (TPSA) is 64.3 Å². The molecule has 14 heavy (non-hydrogen) atoms. The molecule has 0 saturated carbocycles. The van der Waals surface area contributed by atoms with Crippen molar-refractivity contribution >= 4 is 5.91 Å². The number of ether oxygens (including phenoxy) is 1. The van der Waals surface area contributed by atoms with Crippen LogP contribution in [0.15, 0.2) is 0 Å². The van der Waals surface area contributed by atoms with E-state index in [9.17, 15) is 4.79 Å². The first-order valence-corrected chi connectivity index (χ1v) is 5.14. The fourth-order valence-corrected chi connectivity index (χ4v) is 0.993. The van der Waals surface area contributed by atoms with Gasteiger partial charge in [-0.1, -0.05) is 20.8 Å². The maximum atomic E-state index is 11.0. The molecule has 0 aromatic carbocycles. The van der Waals surface area contributed by atoms with Crippen molar-refractivity contribution in [1.82, 2.24) is 5.32 Å². The van der Waals surface area contributed by atoms with Crippen molar-refractivity contribution in [3.63, 3.8) is 0 Å². The highest BCUT2D eigenvalue weighted by Gasteiger charge is 2.16. The second-order valence-corrected chi connectivity index (χ2v) is 3.83. The Kier molecular flexibility index (Phi) is 6.49. The van der Waals surface area contributed by atoms with E-state index in [1.165, 1.54) is 0 Å². The Morgan fingerprint density at radius 1 is 1.43 bits per heavy atom. The standard InChI is InChI=1S/C10H22N2O2/c1-5-8(4)14-6-9(10(11)13)12-7(2)3/h7-9,12H,5-6H2,1-4H3,(H2,11,13). The van der Waals surface area contributed by atoms with E-state index in [0.717, 1.165) is 6.42 Å². The van der Waals surface area contributed by atoms with Gasteiger partial charge in [0, 0.05) is 6.04 Å². The van der Waals surface area contributed by atoms with Crippen molar-refractivity contribution in [3.8, 4) is 0 Å². The summed E-state index contributed by atoms with van der Waals surface area (Å²) in [5.41, 5.74) is 5.23. The van der Waals surface area contributed by atoms with E-state index in [-0.39, 0.29) is 24.1 Å². The van der Waals surface area contributed by atoms with Crippen LogP contribution in [0.1, 0.15) is 34.1 Å². The minimum Gasteiger partial charge on any atom is -0.376 e. The first-order valence-electron chi connectivity index (χ1n) is 5.14. The third kappa shape index (κ3) is 5.94. The summed E-state index contributed by atoms with van der Waals surface area (Å²) in [6.45, 7) is 8.31. The van der Waals surface area contributed by atoms with Crippen LogP contribution in [-0.2, 0) is 9.53 Å². The van der Waals surface area contributed by atoms with E-state index in [2.05, 4.69) is 5.32 Å². The Bertz CT molecular complexity index is 172. The van der Waals surface area contributed by atoms with Crippen molar-refractivity contribution in [3.05, 3.63) is 0 Å². The van der Waals surface area contributed by atoms with Crippen LogP contribution in [0, 0.1) is 0 Å². The lowest BCUT2D eigenvalue weighted by atomic mass is 10.2. The molecule has 2 atom stereocenters. The molecule has 0 aliphatic heterocycles. The van der Waals surface area contributed by atoms with E-state index in [4.69, 9.17) is 10.5 Å². The highest BCUT2D eigenvalue weighted by molar-refractivity contribution is 5.80. The molecule has 84 valence electrons. The molecule has 0 saturated heterocycles. The van der Waals surface area contributed by atoms with Gasteiger partial charge in [0.05, 0.1) is 12.7 Å². The molecule has 0 aromatic rings. The molecule has 0 rings (SSSR count). The molecule has 0 aliphatic rings. The van der Waals surface area contributed by atoms with E-state index >= 15 is 0 Å². The van der Waals surface area contributed by atoms with Crippen molar-refractivity contribution in [2.45, 2.75) is 52.3 Å². The molecule has 0 bridgehead atoms. The largest absolute Gasteiger partial charge is 0.376 e. The molecule has 3 N–H and O–H groups in total. The second-order valence-electron chi connectivity index (χ2n) is 3.83. The first kappa shape index (κ1) is 13.4. The number of nitrogens with one attached hydrogen (secondary N) is 1. The number of hydrogen-bond acceptors (Lipinski definition) is 3. The maximum absolute atomic E-state index is 11.0. The summed E-state index contributed by atoms with van der Waals surface area (Å²) < 4.78 is 5.45. The predicted molar refractivity (Wildman–Crippen MR) is 57.0 cm³/mol. The molecule has 2 unspecified atom stereocenters. The highest BCUT2D eigenvalue weighted by Crippen LogP contribution is 1.98. The summed E-state index contributed by atoms with van der Waals surface area (Å²) in [5, 5.41) is 3.06. The summed E-state index contributed by atoms with van der Waals surface area (Å²) >= 11 is 0. The molecule has 0 radical (unpaired) electrons. The minimum absolute atomic E-state index is 0.172. The van der Waals surface area contributed by atoms with E-state index < -0.39 is 0 Å². The number of amides is 1. The van der Waals surface area contributed by atoms with Gasteiger partial charge >= 0.3 is 0 Å². The van der Waals surface area contributed by atoms with Crippen LogP contribution >= 0.6 is 0 Å². The summed E-state index contributed by atoms with van der Waals surface area (Å²) in [4.78, 5) is 11.0.